The molecule has 11 heavy (non-hydrogen) atoms. The highest BCUT2D eigenvalue weighted by Gasteiger charge is 2.12. The van der Waals surface area contributed by atoms with Crippen LogP contribution in [0.4, 0.5) is 0 Å². The third-order valence-corrected chi connectivity index (χ3v) is 1.83. The van der Waals surface area contributed by atoms with E-state index in [9.17, 15) is 4.79 Å². The SMILES string of the molecule is CCC=CN1CCCC(=O)C1. The number of piperidine rings is 1. The molecule has 1 aliphatic heterocycles. The topological polar surface area (TPSA) is 20.3 Å². The average Bonchev–Trinajstić information content (AvgIpc) is 2.01. The lowest BCUT2D eigenvalue weighted by Crippen LogP contribution is -2.31. The van der Waals surface area contributed by atoms with Gasteiger partial charge in [-0.1, -0.05) is 13.0 Å². The van der Waals surface area contributed by atoms with Crippen LogP contribution in [0.2, 0.25) is 0 Å². The minimum Gasteiger partial charge on any atom is -0.370 e. The average molecular weight is 153 g/mol. The van der Waals surface area contributed by atoms with Crippen LogP contribution < -0.4 is 0 Å². The van der Waals surface area contributed by atoms with Crippen molar-refractivity contribution in [2.75, 3.05) is 13.1 Å². The van der Waals surface area contributed by atoms with Crippen LogP contribution in [0.15, 0.2) is 12.3 Å². The fourth-order valence-electron chi connectivity index (χ4n) is 1.25. The van der Waals surface area contributed by atoms with Crippen LogP contribution in [0, 0.1) is 0 Å². The van der Waals surface area contributed by atoms with Crippen molar-refractivity contribution >= 4 is 5.78 Å². The second-order valence-electron chi connectivity index (χ2n) is 2.91. The van der Waals surface area contributed by atoms with Crippen molar-refractivity contribution in [3.63, 3.8) is 0 Å². The lowest BCUT2D eigenvalue weighted by atomic mass is 10.1. The fraction of sp³-hybridized carbons (Fsp3) is 0.667. The second-order valence-corrected chi connectivity index (χ2v) is 2.91. The molecule has 0 bridgehead atoms. The first-order valence-corrected chi connectivity index (χ1v) is 4.25. The van der Waals surface area contributed by atoms with Gasteiger partial charge in [0.05, 0.1) is 6.54 Å². The van der Waals surface area contributed by atoms with E-state index in [4.69, 9.17) is 0 Å². The van der Waals surface area contributed by atoms with Crippen molar-refractivity contribution in [1.29, 1.82) is 0 Å². The van der Waals surface area contributed by atoms with Gasteiger partial charge in [-0.2, -0.15) is 0 Å². The molecule has 1 saturated heterocycles. The number of allylic oxidation sites excluding steroid dienone is 1. The Kier molecular flexibility index (Phi) is 3.14. The molecule has 0 atom stereocenters. The van der Waals surface area contributed by atoms with Gasteiger partial charge in [-0.3, -0.25) is 4.79 Å². The third kappa shape index (κ3) is 2.74. The molecule has 1 fully saturated rings. The Labute approximate surface area is 67.9 Å². The Bertz CT molecular complexity index is 163. The van der Waals surface area contributed by atoms with Crippen molar-refractivity contribution < 1.29 is 4.79 Å². The van der Waals surface area contributed by atoms with Gasteiger partial charge in [-0.25, -0.2) is 0 Å². The number of hydrogen-bond acceptors (Lipinski definition) is 2. The molecular formula is C9H15NO. The summed E-state index contributed by atoms with van der Waals surface area (Å²) in [5, 5.41) is 0. The van der Waals surface area contributed by atoms with E-state index in [-0.39, 0.29) is 0 Å². The summed E-state index contributed by atoms with van der Waals surface area (Å²) >= 11 is 0. The van der Waals surface area contributed by atoms with E-state index < -0.39 is 0 Å². The maximum absolute atomic E-state index is 11.0. The van der Waals surface area contributed by atoms with Gasteiger partial charge in [0.1, 0.15) is 0 Å². The van der Waals surface area contributed by atoms with E-state index in [1.807, 2.05) is 6.20 Å². The normalized spacial score (nSPS) is 19.7. The zero-order valence-electron chi connectivity index (χ0n) is 7.05. The van der Waals surface area contributed by atoms with Gasteiger partial charge in [0.2, 0.25) is 0 Å². The standard InChI is InChI=1S/C9H15NO/c1-2-3-6-10-7-4-5-9(11)8-10/h3,6H,2,4-5,7-8H2,1H3. The highest BCUT2D eigenvalue weighted by Crippen LogP contribution is 2.05. The summed E-state index contributed by atoms with van der Waals surface area (Å²) in [5.41, 5.74) is 0. The van der Waals surface area contributed by atoms with Crippen LogP contribution in [0.3, 0.4) is 0 Å². The molecule has 0 aliphatic carbocycles. The summed E-state index contributed by atoms with van der Waals surface area (Å²) in [7, 11) is 0. The first-order valence-electron chi connectivity index (χ1n) is 4.25. The maximum atomic E-state index is 11.0. The van der Waals surface area contributed by atoms with Crippen LogP contribution in [0.1, 0.15) is 26.2 Å². The summed E-state index contributed by atoms with van der Waals surface area (Å²) in [5.74, 6) is 0.372. The highest BCUT2D eigenvalue weighted by atomic mass is 16.1. The van der Waals surface area contributed by atoms with E-state index in [1.165, 1.54) is 0 Å². The van der Waals surface area contributed by atoms with Crippen molar-refractivity contribution in [1.82, 2.24) is 4.90 Å². The summed E-state index contributed by atoms with van der Waals surface area (Å²) in [6.07, 6.45) is 6.98. The van der Waals surface area contributed by atoms with Gasteiger partial charge < -0.3 is 4.90 Å². The Morgan fingerprint density at radius 2 is 2.45 bits per heavy atom. The van der Waals surface area contributed by atoms with Gasteiger partial charge in [0.25, 0.3) is 0 Å². The molecule has 0 aromatic carbocycles. The maximum Gasteiger partial charge on any atom is 0.152 e. The molecule has 0 aromatic rings. The second kappa shape index (κ2) is 4.16. The van der Waals surface area contributed by atoms with Gasteiger partial charge >= 0.3 is 0 Å². The minimum atomic E-state index is 0.372. The van der Waals surface area contributed by atoms with Gasteiger partial charge in [0.15, 0.2) is 5.78 Å². The largest absolute Gasteiger partial charge is 0.370 e. The lowest BCUT2D eigenvalue weighted by molar-refractivity contribution is -0.121. The van der Waals surface area contributed by atoms with E-state index in [2.05, 4.69) is 17.9 Å². The zero-order chi connectivity index (χ0) is 8.10. The fourth-order valence-corrected chi connectivity index (χ4v) is 1.25. The number of hydrogen-bond donors (Lipinski definition) is 0. The van der Waals surface area contributed by atoms with Gasteiger partial charge in [-0.15, -0.1) is 0 Å². The molecule has 2 nitrogen and oxygen atoms in total. The van der Waals surface area contributed by atoms with E-state index in [1.54, 1.807) is 0 Å². The molecule has 0 aromatic heterocycles. The first-order chi connectivity index (χ1) is 5.33. The molecule has 1 aliphatic rings. The van der Waals surface area contributed by atoms with Crippen LogP contribution in [-0.4, -0.2) is 23.8 Å². The number of carbonyl (C=O) groups excluding carboxylic acids is 1. The van der Waals surface area contributed by atoms with E-state index in [0.717, 1.165) is 25.8 Å². The van der Waals surface area contributed by atoms with Gasteiger partial charge in [0, 0.05) is 13.0 Å². The summed E-state index contributed by atoms with van der Waals surface area (Å²) in [6.45, 7) is 3.76. The van der Waals surface area contributed by atoms with Crippen molar-refractivity contribution in [2.45, 2.75) is 26.2 Å². The number of rotatable bonds is 2. The van der Waals surface area contributed by atoms with Crippen molar-refractivity contribution in [3.05, 3.63) is 12.3 Å². The van der Waals surface area contributed by atoms with E-state index in [0.29, 0.717) is 12.3 Å². The molecule has 0 radical (unpaired) electrons. The van der Waals surface area contributed by atoms with Crippen LogP contribution in [0.5, 0.6) is 0 Å². The minimum absolute atomic E-state index is 0.372. The Morgan fingerprint density at radius 1 is 1.64 bits per heavy atom. The molecule has 1 rings (SSSR count). The Balaban J connectivity index is 2.34. The van der Waals surface area contributed by atoms with Crippen LogP contribution in [-0.2, 0) is 4.79 Å². The quantitative estimate of drug-likeness (QED) is 0.600. The third-order valence-electron chi connectivity index (χ3n) is 1.83. The molecule has 0 spiro atoms. The predicted molar refractivity (Wildman–Crippen MR) is 45.2 cm³/mol. The molecular weight excluding hydrogens is 138 g/mol. The van der Waals surface area contributed by atoms with Crippen molar-refractivity contribution in [3.8, 4) is 0 Å². The molecule has 0 N–H and O–H groups in total. The summed E-state index contributed by atoms with van der Waals surface area (Å²) in [6, 6.07) is 0. The Morgan fingerprint density at radius 3 is 3.09 bits per heavy atom. The summed E-state index contributed by atoms with van der Waals surface area (Å²) < 4.78 is 0. The lowest BCUT2D eigenvalue weighted by Gasteiger charge is -2.23. The number of Topliss-reactive ketones (excluding diaryl/α,β-unsaturated/α-hetero) is 1. The van der Waals surface area contributed by atoms with Crippen LogP contribution >= 0.6 is 0 Å². The molecule has 0 saturated carbocycles. The molecule has 1 heterocycles. The molecule has 2 heteroatoms. The van der Waals surface area contributed by atoms with E-state index >= 15 is 0 Å². The smallest absolute Gasteiger partial charge is 0.152 e. The first kappa shape index (κ1) is 8.31. The number of likely N-dealkylation sites (tertiary alicyclic amines) is 1. The monoisotopic (exact) mass is 153 g/mol. The molecule has 0 amide bonds. The van der Waals surface area contributed by atoms with Crippen molar-refractivity contribution in [2.24, 2.45) is 0 Å². The number of carbonyl (C=O) groups is 1. The molecule has 0 unspecified atom stereocenters. The molecule has 62 valence electrons. The predicted octanol–water partition coefficient (Wildman–Crippen LogP) is 1.58. The number of nitrogens with zero attached hydrogens (tertiary/aromatic N) is 1. The zero-order valence-corrected chi connectivity index (χ0v) is 7.05. The highest BCUT2D eigenvalue weighted by molar-refractivity contribution is 5.81. The number of ketones is 1. The van der Waals surface area contributed by atoms with Crippen LogP contribution in [0.25, 0.3) is 0 Å². The Hall–Kier alpha value is -0.790. The van der Waals surface area contributed by atoms with Gasteiger partial charge in [-0.05, 0) is 19.0 Å². The summed E-state index contributed by atoms with van der Waals surface area (Å²) in [4.78, 5) is 13.1.